The highest BCUT2D eigenvalue weighted by atomic mass is 35.5. The fraction of sp³-hybridized carbons (Fsp3) is 0.263. The van der Waals surface area contributed by atoms with Crippen LogP contribution < -0.4 is 0 Å². The Balaban J connectivity index is 2.06. The van der Waals surface area contributed by atoms with Gasteiger partial charge >= 0.3 is 5.97 Å². The number of nitro groups is 1. The van der Waals surface area contributed by atoms with Crippen molar-refractivity contribution in [3.63, 3.8) is 0 Å². The molecule has 0 saturated carbocycles. The van der Waals surface area contributed by atoms with Crippen LogP contribution in [0.2, 0.25) is 5.02 Å². The van der Waals surface area contributed by atoms with Crippen LogP contribution in [0, 0.1) is 10.1 Å². The van der Waals surface area contributed by atoms with Crippen molar-refractivity contribution in [3.8, 4) is 0 Å². The van der Waals surface area contributed by atoms with Gasteiger partial charge in [0.15, 0.2) is 12.4 Å². The SMILES string of the molecule is CC(C)(C)c1ccc(C(=O)COC(=O)c2cc([N+](=O)[O-])ccc2Cl)cc1. The molecule has 2 aromatic rings. The minimum atomic E-state index is -0.890. The number of hydrogen-bond acceptors (Lipinski definition) is 5. The molecule has 6 nitrogen and oxygen atoms in total. The fourth-order valence-corrected chi connectivity index (χ4v) is 2.43. The van der Waals surface area contributed by atoms with Crippen molar-refractivity contribution in [2.45, 2.75) is 26.2 Å². The first kappa shape index (κ1) is 19.6. The quantitative estimate of drug-likeness (QED) is 0.330. The van der Waals surface area contributed by atoms with Gasteiger partial charge in [0.05, 0.1) is 15.5 Å². The Labute approximate surface area is 155 Å². The van der Waals surface area contributed by atoms with E-state index in [1.807, 2.05) is 12.1 Å². The van der Waals surface area contributed by atoms with Crippen LogP contribution in [0.25, 0.3) is 0 Å². The Morgan fingerprint density at radius 2 is 1.73 bits per heavy atom. The van der Waals surface area contributed by atoms with Crippen LogP contribution in [0.1, 0.15) is 47.1 Å². The number of nitrogens with zero attached hydrogens (tertiary/aromatic N) is 1. The minimum absolute atomic E-state index is 0.0163. The summed E-state index contributed by atoms with van der Waals surface area (Å²) in [6, 6.07) is 10.5. The normalized spacial score (nSPS) is 11.1. The summed E-state index contributed by atoms with van der Waals surface area (Å²) in [4.78, 5) is 34.4. The number of nitro benzene ring substituents is 1. The van der Waals surface area contributed by atoms with Gasteiger partial charge in [0, 0.05) is 17.7 Å². The number of halogens is 1. The number of benzene rings is 2. The van der Waals surface area contributed by atoms with Crippen molar-refractivity contribution in [1.29, 1.82) is 0 Å². The van der Waals surface area contributed by atoms with Crippen LogP contribution in [0.3, 0.4) is 0 Å². The minimum Gasteiger partial charge on any atom is -0.454 e. The zero-order chi connectivity index (χ0) is 19.5. The molecule has 0 saturated heterocycles. The maximum absolute atomic E-state index is 12.2. The molecule has 2 aromatic carbocycles. The highest BCUT2D eigenvalue weighted by molar-refractivity contribution is 6.33. The number of non-ortho nitro benzene ring substituents is 1. The van der Waals surface area contributed by atoms with Crippen molar-refractivity contribution in [2.24, 2.45) is 0 Å². The van der Waals surface area contributed by atoms with Crippen molar-refractivity contribution in [1.82, 2.24) is 0 Å². The summed E-state index contributed by atoms with van der Waals surface area (Å²) in [7, 11) is 0. The molecule has 0 aliphatic heterocycles. The second-order valence-electron chi connectivity index (χ2n) is 6.75. The number of carbonyl (C=O) groups excluding carboxylic acids is 2. The lowest BCUT2D eigenvalue weighted by Gasteiger charge is -2.18. The zero-order valence-corrected chi connectivity index (χ0v) is 15.4. The van der Waals surface area contributed by atoms with E-state index in [0.717, 1.165) is 11.6 Å². The van der Waals surface area contributed by atoms with E-state index >= 15 is 0 Å². The van der Waals surface area contributed by atoms with Crippen LogP contribution in [0.4, 0.5) is 5.69 Å². The van der Waals surface area contributed by atoms with Gasteiger partial charge in [0.1, 0.15) is 0 Å². The van der Waals surface area contributed by atoms with E-state index in [9.17, 15) is 19.7 Å². The predicted molar refractivity (Wildman–Crippen MR) is 97.9 cm³/mol. The summed E-state index contributed by atoms with van der Waals surface area (Å²) in [5.41, 5.74) is 1.01. The molecule has 26 heavy (non-hydrogen) atoms. The van der Waals surface area contributed by atoms with E-state index < -0.39 is 17.5 Å². The molecule has 7 heteroatoms. The van der Waals surface area contributed by atoms with Crippen molar-refractivity contribution < 1.29 is 19.2 Å². The molecule has 0 bridgehead atoms. The number of carbonyl (C=O) groups is 2. The van der Waals surface area contributed by atoms with Gasteiger partial charge in [-0.25, -0.2) is 4.79 Å². The number of hydrogen-bond donors (Lipinski definition) is 0. The largest absolute Gasteiger partial charge is 0.454 e. The Bertz CT molecular complexity index is 853. The molecular formula is C19H18ClNO5. The molecule has 0 spiro atoms. The highest BCUT2D eigenvalue weighted by Gasteiger charge is 2.19. The van der Waals surface area contributed by atoms with Crippen LogP contribution in [-0.4, -0.2) is 23.3 Å². The lowest BCUT2D eigenvalue weighted by atomic mass is 9.86. The second kappa shape index (κ2) is 7.66. The summed E-state index contributed by atoms with van der Waals surface area (Å²) < 4.78 is 4.96. The van der Waals surface area contributed by atoms with Gasteiger partial charge in [0.2, 0.25) is 0 Å². The summed E-state index contributed by atoms with van der Waals surface area (Å²) in [5.74, 6) is -1.27. The van der Waals surface area contributed by atoms with Crippen LogP contribution >= 0.6 is 11.6 Å². The summed E-state index contributed by atoms with van der Waals surface area (Å²) in [6.07, 6.45) is 0. The molecule has 0 unspecified atom stereocenters. The van der Waals surface area contributed by atoms with Crippen LogP contribution in [0.5, 0.6) is 0 Å². The number of esters is 1. The summed E-state index contributed by atoms with van der Waals surface area (Å²) in [5, 5.41) is 10.8. The number of ketones is 1. The molecule has 0 radical (unpaired) electrons. The van der Waals surface area contributed by atoms with Crippen molar-refractivity contribution in [2.75, 3.05) is 6.61 Å². The van der Waals surface area contributed by atoms with Crippen molar-refractivity contribution >= 4 is 29.0 Å². The summed E-state index contributed by atoms with van der Waals surface area (Å²) >= 11 is 5.88. The first-order valence-corrected chi connectivity index (χ1v) is 8.22. The average molecular weight is 376 g/mol. The lowest BCUT2D eigenvalue weighted by molar-refractivity contribution is -0.384. The third kappa shape index (κ3) is 4.67. The highest BCUT2D eigenvalue weighted by Crippen LogP contribution is 2.24. The number of rotatable bonds is 5. The first-order chi connectivity index (χ1) is 12.1. The monoisotopic (exact) mass is 375 g/mol. The molecule has 0 atom stereocenters. The van der Waals surface area contributed by atoms with Crippen LogP contribution in [-0.2, 0) is 10.2 Å². The molecule has 0 N–H and O–H groups in total. The Kier molecular flexibility index (Phi) is 5.77. The van der Waals surface area contributed by atoms with Crippen molar-refractivity contribution in [3.05, 3.63) is 74.3 Å². The van der Waals surface area contributed by atoms with Gasteiger partial charge in [0.25, 0.3) is 5.69 Å². The van der Waals surface area contributed by atoms with Gasteiger partial charge in [-0.3, -0.25) is 14.9 Å². The van der Waals surface area contributed by atoms with E-state index in [1.165, 1.54) is 12.1 Å². The Hall–Kier alpha value is -2.73. The van der Waals surface area contributed by atoms with Gasteiger partial charge in [-0.2, -0.15) is 0 Å². The molecule has 0 amide bonds. The Morgan fingerprint density at radius 1 is 1.12 bits per heavy atom. The van der Waals surface area contributed by atoms with E-state index in [0.29, 0.717) is 5.56 Å². The van der Waals surface area contributed by atoms with Gasteiger partial charge in [-0.1, -0.05) is 56.6 Å². The maximum atomic E-state index is 12.2. The Morgan fingerprint density at radius 3 is 2.27 bits per heavy atom. The molecule has 136 valence electrons. The predicted octanol–water partition coefficient (Wildman–Crippen LogP) is 4.59. The van der Waals surface area contributed by atoms with Crippen LogP contribution in [0.15, 0.2) is 42.5 Å². The van der Waals surface area contributed by atoms with E-state index in [4.69, 9.17) is 16.3 Å². The smallest absolute Gasteiger partial charge is 0.340 e. The van der Waals surface area contributed by atoms with E-state index in [-0.39, 0.29) is 27.5 Å². The molecule has 2 rings (SSSR count). The van der Waals surface area contributed by atoms with E-state index in [1.54, 1.807) is 12.1 Å². The molecule has 0 heterocycles. The standard InChI is InChI=1S/C19H18ClNO5/c1-19(2,3)13-6-4-12(5-7-13)17(22)11-26-18(23)15-10-14(21(24)25)8-9-16(15)20/h4-10H,11H2,1-3H3. The zero-order valence-electron chi connectivity index (χ0n) is 14.6. The van der Waals surface area contributed by atoms with Gasteiger partial charge in [-0.15, -0.1) is 0 Å². The molecule has 0 aromatic heterocycles. The third-order valence-electron chi connectivity index (χ3n) is 3.79. The van der Waals surface area contributed by atoms with Gasteiger partial charge < -0.3 is 4.74 Å². The maximum Gasteiger partial charge on any atom is 0.340 e. The number of Topliss-reactive ketones (excluding diaryl/α,β-unsaturated/α-hetero) is 1. The first-order valence-electron chi connectivity index (χ1n) is 7.84. The molecule has 0 aliphatic rings. The average Bonchev–Trinajstić information content (AvgIpc) is 2.58. The lowest BCUT2D eigenvalue weighted by Crippen LogP contribution is -2.15. The molecule has 0 fully saturated rings. The number of ether oxygens (including phenoxy) is 1. The summed E-state index contributed by atoms with van der Waals surface area (Å²) in [6.45, 7) is 5.71. The topological polar surface area (TPSA) is 86.5 Å². The molecular weight excluding hydrogens is 358 g/mol. The fourth-order valence-electron chi connectivity index (χ4n) is 2.23. The third-order valence-corrected chi connectivity index (χ3v) is 4.12. The van der Waals surface area contributed by atoms with Gasteiger partial charge in [-0.05, 0) is 17.0 Å². The molecule has 0 aliphatic carbocycles. The second-order valence-corrected chi connectivity index (χ2v) is 7.16. The van der Waals surface area contributed by atoms with E-state index in [2.05, 4.69) is 20.8 Å².